The fraction of sp³-hybridized carbons (Fsp3) is 0.545. The molecule has 0 radical (unpaired) electrons. The summed E-state index contributed by atoms with van der Waals surface area (Å²) in [5.41, 5.74) is 2.28. The standard InChI is InChI=1S/C22H29N3O3S/c1-15-8-10-17(11-9-15)19-14-21(24(3)29(27,28)23-19)22(26)25-13-12-16(2)18-6-4-5-7-20(18)25/h8-11,14,16,18,20H,4-7,12-13H2,1-3H3/t16-,18-,20+/m1/s1. The number of benzene rings is 1. The average Bonchev–Trinajstić information content (AvgIpc) is 2.70. The van der Waals surface area contributed by atoms with E-state index in [1.54, 1.807) is 6.08 Å². The highest BCUT2D eigenvalue weighted by Crippen LogP contribution is 2.39. The van der Waals surface area contributed by atoms with Gasteiger partial charge in [0, 0.05) is 25.2 Å². The van der Waals surface area contributed by atoms with Crippen LogP contribution in [-0.2, 0) is 15.0 Å². The predicted octanol–water partition coefficient (Wildman–Crippen LogP) is 3.29. The number of rotatable bonds is 2. The minimum Gasteiger partial charge on any atom is -0.334 e. The zero-order valence-corrected chi connectivity index (χ0v) is 18.2. The minimum atomic E-state index is -3.94. The molecule has 2 heterocycles. The normalized spacial score (nSPS) is 29.0. The second-order valence-corrected chi connectivity index (χ2v) is 10.2. The van der Waals surface area contributed by atoms with Crippen LogP contribution in [0.2, 0.25) is 0 Å². The van der Waals surface area contributed by atoms with Crippen LogP contribution in [0.3, 0.4) is 0 Å². The first kappa shape index (κ1) is 20.1. The quantitative estimate of drug-likeness (QED) is 0.744. The van der Waals surface area contributed by atoms with Gasteiger partial charge in [-0.05, 0) is 44.1 Å². The lowest BCUT2D eigenvalue weighted by atomic mass is 9.72. The Balaban J connectivity index is 1.69. The van der Waals surface area contributed by atoms with Gasteiger partial charge in [0.25, 0.3) is 5.91 Å². The van der Waals surface area contributed by atoms with Crippen LogP contribution in [0.25, 0.3) is 0 Å². The van der Waals surface area contributed by atoms with Crippen LogP contribution in [0, 0.1) is 18.8 Å². The summed E-state index contributed by atoms with van der Waals surface area (Å²) >= 11 is 0. The van der Waals surface area contributed by atoms with Crippen LogP contribution in [0.1, 0.15) is 50.2 Å². The number of piperidine rings is 1. The largest absolute Gasteiger partial charge is 0.345 e. The predicted molar refractivity (Wildman–Crippen MR) is 114 cm³/mol. The van der Waals surface area contributed by atoms with Gasteiger partial charge < -0.3 is 4.90 Å². The molecule has 1 saturated carbocycles. The van der Waals surface area contributed by atoms with E-state index in [9.17, 15) is 13.2 Å². The highest BCUT2D eigenvalue weighted by molar-refractivity contribution is 7.88. The van der Waals surface area contributed by atoms with E-state index in [0.717, 1.165) is 35.6 Å². The first-order chi connectivity index (χ1) is 13.8. The Morgan fingerprint density at radius 3 is 2.52 bits per heavy atom. The number of aryl methyl sites for hydroxylation is 1. The van der Waals surface area contributed by atoms with Crippen molar-refractivity contribution in [3.05, 3.63) is 47.2 Å². The van der Waals surface area contributed by atoms with Crippen LogP contribution >= 0.6 is 0 Å². The molecule has 1 aliphatic carbocycles. The Kier molecular flexibility index (Phi) is 5.27. The van der Waals surface area contributed by atoms with E-state index in [1.165, 1.54) is 13.5 Å². The fourth-order valence-electron chi connectivity index (χ4n) is 4.93. The third-order valence-corrected chi connectivity index (χ3v) is 8.05. The topological polar surface area (TPSA) is 70.0 Å². The van der Waals surface area contributed by atoms with Crippen molar-refractivity contribution in [3.63, 3.8) is 0 Å². The van der Waals surface area contributed by atoms with E-state index >= 15 is 0 Å². The molecule has 1 saturated heterocycles. The summed E-state index contributed by atoms with van der Waals surface area (Å²) in [7, 11) is -2.52. The van der Waals surface area contributed by atoms with Gasteiger partial charge in [0.05, 0.1) is 5.71 Å². The fourth-order valence-corrected chi connectivity index (χ4v) is 5.83. The summed E-state index contributed by atoms with van der Waals surface area (Å²) < 4.78 is 30.3. The Morgan fingerprint density at radius 2 is 1.79 bits per heavy atom. The van der Waals surface area contributed by atoms with Crippen molar-refractivity contribution in [2.24, 2.45) is 16.2 Å². The van der Waals surface area contributed by atoms with Crippen molar-refractivity contribution >= 4 is 21.8 Å². The van der Waals surface area contributed by atoms with E-state index in [0.29, 0.717) is 29.7 Å². The zero-order valence-electron chi connectivity index (χ0n) is 17.3. The van der Waals surface area contributed by atoms with Crippen molar-refractivity contribution in [2.75, 3.05) is 13.6 Å². The van der Waals surface area contributed by atoms with E-state index < -0.39 is 10.2 Å². The van der Waals surface area contributed by atoms with Crippen molar-refractivity contribution in [2.45, 2.75) is 52.0 Å². The highest BCUT2D eigenvalue weighted by Gasteiger charge is 2.42. The molecule has 0 bridgehead atoms. The number of allylic oxidation sites excluding steroid dienone is 1. The Morgan fingerprint density at radius 1 is 1.10 bits per heavy atom. The second-order valence-electron chi connectivity index (χ2n) is 8.60. The number of fused-ring (bicyclic) bond motifs is 1. The molecular formula is C22H29N3O3S. The van der Waals surface area contributed by atoms with Gasteiger partial charge in [-0.25, -0.2) is 4.31 Å². The van der Waals surface area contributed by atoms with Gasteiger partial charge in [0.1, 0.15) is 5.70 Å². The number of carbonyl (C=O) groups excluding carboxylic acids is 1. The molecule has 2 aliphatic heterocycles. The van der Waals surface area contributed by atoms with Gasteiger partial charge in [-0.1, -0.05) is 49.6 Å². The van der Waals surface area contributed by atoms with Crippen molar-refractivity contribution in [1.29, 1.82) is 0 Å². The maximum Gasteiger partial charge on any atom is 0.345 e. The van der Waals surface area contributed by atoms with E-state index in [-0.39, 0.29) is 17.6 Å². The maximum atomic E-state index is 13.5. The molecule has 0 N–H and O–H groups in total. The molecule has 0 aromatic heterocycles. The second kappa shape index (κ2) is 7.59. The molecule has 7 heteroatoms. The van der Waals surface area contributed by atoms with Gasteiger partial charge >= 0.3 is 10.2 Å². The molecule has 6 nitrogen and oxygen atoms in total. The highest BCUT2D eigenvalue weighted by atomic mass is 32.2. The Hall–Kier alpha value is -2.15. The number of likely N-dealkylation sites (N-methyl/N-ethyl adjacent to an activating group) is 1. The maximum absolute atomic E-state index is 13.5. The molecular weight excluding hydrogens is 386 g/mol. The SMILES string of the molecule is Cc1ccc(C2=NS(=O)(=O)N(C)C(C(=O)N3CC[C@@H](C)[C@H]4CCCC[C@@H]43)=C2)cc1. The van der Waals surface area contributed by atoms with Gasteiger partial charge in [-0.15, -0.1) is 4.40 Å². The molecule has 0 spiro atoms. The van der Waals surface area contributed by atoms with Crippen LogP contribution in [0.5, 0.6) is 0 Å². The summed E-state index contributed by atoms with van der Waals surface area (Å²) in [6, 6.07) is 7.72. The molecule has 156 valence electrons. The van der Waals surface area contributed by atoms with Crippen LogP contribution in [-0.4, -0.2) is 48.9 Å². The summed E-state index contributed by atoms with van der Waals surface area (Å²) in [6.07, 6.45) is 7.09. The number of nitrogens with zero attached hydrogens (tertiary/aromatic N) is 3. The molecule has 1 amide bonds. The minimum absolute atomic E-state index is 0.189. The van der Waals surface area contributed by atoms with Crippen LogP contribution in [0.15, 0.2) is 40.4 Å². The molecule has 1 aromatic carbocycles. The lowest BCUT2D eigenvalue weighted by molar-refractivity contribution is -0.135. The van der Waals surface area contributed by atoms with Crippen molar-refractivity contribution in [3.8, 4) is 0 Å². The first-order valence-corrected chi connectivity index (χ1v) is 11.9. The molecule has 0 unspecified atom stereocenters. The number of hydrogen-bond acceptors (Lipinski definition) is 3. The molecule has 3 aliphatic rings. The van der Waals surface area contributed by atoms with Gasteiger partial charge in [0.15, 0.2) is 0 Å². The summed E-state index contributed by atoms with van der Waals surface area (Å²) in [6.45, 7) is 4.94. The lowest BCUT2D eigenvalue weighted by Gasteiger charge is -2.47. The zero-order chi connectivity index (χ0) is 20.8. The number of carbonyl (C=O) groups is 1. The van der Waals surface area contributed by atoms with E-state index in [4.69, 9.17) is 0 Å². The Bertz CT molecular complexity index is 966. The Labute approximate surface area is 173 Å². The number of hydrogen-bond donors (Lipinski definition) is 0. The summed E-state index contributed by atoms with van der Waals surface area (Å²) in [4.78, 5) is 15.5. The first-order valence-electron chi connectivity index (χ1n) is 10.5. The summed E-state index contributed by atoms with van der Waals surface area (Å²) in [5.74, 6) is 0.924. The molecule has 1 aromatic rings. The third kappa shape index (κ3) is 3.72. The lowest BCUT2D eigenvalue weighted by Crippen LogP contribution is -2.54. The third-order valence-electron chi connectivity index (χ3n) is 6.74. The van der Waals surface area contributed by atoms with Crippen molar-refractivity contribution < 1.29 is 13.2 Å². The summed E-state index contributed by atoms with van der Waals surface area (Å²) in [5, 5.41) is 0. The molecule has 4 rings (SSSR count). The molecule has 3 atom stereocenters. The average molecular weight is 416 g/mol. The van der Waals surface area contributed by atoms with Crippen molar-refractivity contribution in [1.82, 2.24) is 9.21 Å². The van der Waals surface area contributed by atoms with Crippen LogP contribution < -0.4 is 0 Å². The van der Waals surface area contributed by atoms with Gasteiger partial charge in [-0.2, -0.15) is 8.42 Å². The molecule has 2 fully saturated rings. The number of amides is 1. The van der Waals surface area contributed by atoms with E-state index in [2.05, 4.69) is 11.3 Å². The van der Waals surface area contributed by atoms with E-state index in [1.807, 2.05) is 36.1 Å². The smallest absolute Gasteiger partial charge is 0.334 e. The van der Waals surface area contributed by atoms with Crippen LogP contribution in [0.4, 0.5) is 0 Å². The monoisotopic (exact) mass is 415 g/mol. The van der Waals surface area contributed by atoms with Gasteiger partial charge in [0.2, 0.25) is 0 Å². The van der Waals surface area contributed by atoms with Gasteiger partial charge in [-0.3, -0.25) is 4.79 Å². The number of likely N-dealkylation sites (tertiary alicyclic amines) is 1. The molecule has 29 heavy (non-hydrogen) atoms.